The van der Waals surface area contributed by atoms with E-state index >= 15 is 0 Å². The molecule has 20 heavy (non-hydrogen) atoms. The summed E-state index contributed by atoms with van der Waals surface area (Å²) in [5.74, 6) is 0.249. The summed E-state index contributed by atoms with van der Waals surface area (Å²) in [5, 5.41) is 2.57. The summed E-state index contributed by atoms with van der Waals surface area (Å²) in [6, 6.07) is 8.33. The van der Waals surface area contributed by atoms with Crippen molar-refractivity contribution in [1.29, 1.82) is 0 Å². The molecule has 0 aliphatic carbocycles. The Balaban J connectivity index is 2.21. The first-order valence-corrected chi connectivity index (χ1v) is 6.82. The van der Waals surface area contributed by atoms with Crippen molar-refractivity contribution in [2.45, 2.75) is 6.92 Å². The predicted octanol–water partition coefficient (Wildman–Crippen LogP) is 2.79. The Morgan fingerprint density at radius 1 is 1.40 bits per heavy atom. The lowest BCUT2D eigenvalue weighted by atomic mass is 10.2. The average molecular weight is 337 g/mol. The average Bonchev–Trinajstić information content (AvgIpc) is 2.43. The lowest BCUT2D eigenvalue weighted by Crippen LogP contribution is -2.19. The van der Waals surface area contributed by atoms with Crippen molar-refractivity contribution in [3.63, 3.8) is 0 Å². The monoisotopic (exact) mass is 336 g/mol. The molecule has 1 amide bonds. The number of halogens is 1. The van der Waals surface area contributed by atoms with Crippen LogP contribution in [0.3, 0.4) is 0 Å². The molecular formula is C14H13BrN2O3. The largest absolute Gasteiger partial charge is 0.494 e. The molecule has 2 aromatic rings. The van der Waals surface area contributed by atoms with Gasteiger partial charge in [-0.2, -0.15) is 0 Å². The second-order valence-corrected chi connectivity index (χ2v) is 4.89. The fourth-order valence-corrected chi connectivity index (χ4v) is 1.98. The van der Waals surface area contributed by atoms with E-state index in [-0.39, 0.29) is 17.2 Å². The molecule has 0 saturated carbocycles. The van der Waals surface area contributed by atoms with E-state index in [1.165, 1.54) is 6.20 Å². The lowest BCUT2D eigenvalue weighted by molar-refractivity contribution is 0.102. The molecule has 0 unspecified atom stereocenters. The molecule has 0 aliphatic heterocycles. The van der Waals surface area contributed by atoms with Gasteiger partial charge < -0.3 is 15.0 Å². The number of aromatic amines is 1. The van der Waals surface area contributed by atoms with Gasteiger partial charge in [-0.25, -0.2) is 0 Å². The molecule has 0 radical (unpaired) electrons. The highest BCUT2D eigenvalue weighted by Crippen LogP contribution is 2.15. The highest BCUT2D eigenvalue weighted by Gasteiger charge is 2.09. The number of carbonyl (C=O) groups excluding carboxylic acids is 1. The van der Waals surface area contributed by atoms with Gasteiger partial charge in [0.1, 0.15) is 11.4 Å². The number of rotatable bonds is 4. The van der Waals surface area contributed by atoms with E-state index in [2.05, 4.69) is 26.2 Å². The topological polar surface area (TPSA) is 71.2 Å². The molecule has 6 heteroatoms. The Morgan fingerprint density at radius 3 is 2.95 bits per heavy atom. The number of ether oxygens (including phenoxy) is 1. The first kappa shape index (κ1) is 14.3. The Labute approximate surface area is 124 Å². The molecule has 0 aliphatic rings. The maximum Gasteiger partial charge on any atom is 0.271 e. The second-order valence-electron chi connectivity index (χ2n) is 3.98. The van der Waals surface area contributed by atoms with Gasteiger partial charge in [-0.15, -0.1) is 0 Å². The third kappa shape index (κ3) is 3.48. The summed E-state index contributed by atoms with van der Waals surface area (Å²) >= 11 is 3.23. The molecule has 1 aromatic carbocycles. The van der Waals surface area contributed by atoms with E-state index in [0.29, 0.717) is 22.4 Å². The summed E-state index contributed by atoms with van der Waals surface area (Å²) < 4.78 is 6.01. The van der Waals surface area contributed by atoms with Crippen LogP contribution in [0.5, 0.6) is 5.75 Å². The van der Waals surface area contributed by atoms with Crippen LogP contribution in [0.1, 0.15) is 17.3 Å². The number of amides is 1. The maximum absolute atomic E-state index is 12.1. The third-order valence-corrected chi connectivity index (χ3v) is 2.98. The summed E-state index contributed by atoms with van der Waals surface area (Å²) in [6.07, 6.45) is 1.51. The van der Waals surface area contributed by atoms with Crippen LogP contribution in [0.2, 0.25) is 0 Å². The van der Waals surface area contributed by atoms with Gasteiger partial charge in [-0.1, -0.05) is 6.07 Å². The number of pyridine rings is 1. The normalized spacial score (nSPS) is 10.1. The van der Waals surface area contributed by atoms with E-state index in [1.807, 2.05) is 6.92 Å². The van der Waals surface area contributed by atoms with Crippen LogP contribution in [0.4, 0.5) is 5.69 Å². The SMILES string of the molecule is CCOc1cccc(C(=O)Nc2cc(Br)c[nH]c2=O)c1. The highest BCUT2D eigenvalue weighted by atomic mass is 79.9. The molecule has 104 valence electrons. The molecule has 0 fully saturated rings. The number of H-pyrrole nitrogens is 1. The van der Waals surface area contributed by atoms with Crippen molar-refractivity contribution < 1.29 is 9.53 Å². The van der Waals surface area contributed by atoms with Crippen LogP contribution in [0.15, 0.2) is 45.8 Å². The van der Waals surface area contributed by atoms with E-state index in [4.69, 9.17) is 4.74 Å². The Bertz CT molecular complexity index is 682. The van der Waals surface area contributed by atoms with Crippen LogP contribution in [0.25, 0.3) is 0 Å². The minimum absolute atomic E-state index is 0.186. The first-order chi connectivity index (χ1) is 9.60. The smallest absolute Gasteiger partial charge is 0.271 e. The Kier molecular flexibility index (Phi) is 4.57. The van der Waals surface area contributed by atoms with E-state index in [9.17, 15) is 9.59 Å². The molecule has 2 N–H and O–H groups in total. The van der Waals surface area contributed by atoms with Gasteiger partial charge in [0.2, 0.25) is 0 Å². The van der Waals surface area contributed by atoms with E-state index in [0.717, 1.165) is 0 Å². The summed E-state index contributed by atoms with van der Waals surface area (Å²) in [7, 11) is 0. The van der Waals surface area contributed by atoms with Gasteiger partial charge in [0, 0.05) is 16.2 Å². The zero-order valence-corrected chi connectivity index (χ0v) is 12.4. The molecule has 0 atom stereocenters. The van der Waals surface area contributed by atoms with Crippen molar-refractivity contribution in [2.24, 2.45) is 0 Å². The standard InChI is InChI=1S/C14H13BrN2O3/c1-2-20-11-5-3-4-9(6-11)13(18)17-12-7-10(15)8-16-14(12)19/h3-8H,2H2,1H3,(H,16,19)(H,17,18). The molecular weight excluding hydrogens is 324 g/mol. The second kappa shape index (κ2) is 6.38. The predicted molar refractivity (Wildman–Crippen MR) is 80.3 cm³/mol. The Morgan fingerprint density at radius 2 is 2.20 bits per heavy atom. The number of aromatic nitrogens is 1. The lowest BCUT2D eigenvalue weighted by Gasteiger charge is -2.07. The zero-order chi connectivity index (χ0) is 14.5. The zero-order valence-electron chi connectivity index (χ0n) is 10.8. The summed E-state index contributed by atoms with van der Waals surface area (Å²) in [5.41, 5.74) is 0.254. The van der Waals surface area contributed by atoms with Crippen molar-refractivity contribution in [1.82, 2.24) is 4.98 Å². The molecule has 1 aromatic heterocycles. The van der Waals surface area contributed by atoms with Crippen LogP contribution < -0.4 is 15.6 Å². The van der Waals surface area contributed by atoms with Crippen molar-refractivity contribution >= 4 is 27.5 Å². The first-order valence-electron chi connectivity index (χ1n) is 6.02. The van der Waals surface area contributed by atoms with Crippen molar-refractivity contribution in [2.75, 3.05) is 11.9 Å². The van der Waals surface area contributed by atoms with Gasteiger partial charge >= 0.3 is 0 Å². The fourth-order valence-electron chi connectivity index (χ4n) is 1.64. The maximum atomic E-state index is 12.1. The van der Waals surface area contributed by atoms with E-state index < -0.39 is 0 Å². The molecule has 5 nitrogen and oxygen atoms in total. The number of benzene rings is 1. The molecule has 0 bridgehead atoms. The van der Waals surface area contributed by atoms with Crippen LogP contribution in [0, 0.1) is 0 Å². The number of anilines is 1. The number of hydrogen-bond donors (Lipinski definition) is 2. The van der Waals surface area contributed by atoms with Crippen LogP contribution >= 0.6 is 15.9 Å². The fraction of sp³-hybridized carbons (Fsp3) is 0.143. The number of carbonyl (C=O) groups is 1. The van der Waals surface area contributed by atoms with Crippen molar-refractivity contribution in [3.05, 3.63) is 56.9 Å². The van der Waals surface area contributed by atoms with Gasteiger partial charge in [-0.05, 0) is 47.1 Å². The minimum Gasteiger partial charge on any atom is -0.494 e. The number of nitrogens with one attached hydrogen (secondary N) is 2. The van der Waals surface area contributed by atoms with Gasteiger partial charge in [-0.3, -0.25) is 9.59 Å². The van der Waals surface area contributed by atoms with Gasteiger partial charge in [0.05, 0.1) is 6.61 Å². The van der Waals surface area contributed by atoms with Crippen molar-refractivity contribution in [3.8, 4) is 5.75 Å². The van der Waals surface area contributed by atoms with Gasteiger partial charge in [0.25, 0.3) is 11.5 Å². The van der Waals surface area contributed by atoms with Crippen LogP contribution in [-0.4, -0.2) is 17.5 Å². The minimum atomic E-state index is -0.366. The quantitative estimate of drug-likeness (QED) is 0.901. The number of hydrogen-bond acceptors (Lipinski definition) is 3. The summed E-state index contributed by atoms with van der Waals surface area (Å²) in [6.45, 7) is 2.39. The summed E-state index contributed by atoms with van der Waals surface area (Å²) in [4.78, 5) is 26.2. The van der Waals surface area contributed by atoms with E-state index in [1.54, 1.807) is 30.3 Å². The molecule has 0 spiro atoms. The van der Waals surface area contributed by atoms with Crippen LogP contribution in [-0.2, 0) is 0 Å². The Hall–Kier alpha value is -2.08. The molecule has 1 heterocycles. The third-order valence-electron chi connectivity index (χ3n) is 2.52. The van der Waals surface area contributed by atoms with Gasteiger partial charge in [0.15, 0.2) is 0 Å². The highest BCUT2D eigenvalue weighted by molar-refractivity contribution is 9.10. The molecule has 2 rings (SSSR count). The molecule has 0 saturated heterocycles.